The number of methoxy groups -OCH3 is 1. The minimum Gasteiger partial charge on any atom is -0.491 e. The van der Waals surface area contributed by atoms with Crippen LogP contribution in [0, 0.1) is 6.92 Å². The Kier molecular flexibility index (Phi) is 15.1. The van der Waals surface area contributed by atoms with Crippen LogP contribution in [0.4, 0.5) is 0 Å². The number of ether oxygens (including phenoxy) is 2. The quantitative estimate of drug-likeness (QED) is 0.153. The van der Waals surface area contributed by atoms with Gasteiger partial charge in [-0.15, -0.1) is 24.0 Å². The molecular weight excluding hydrogens is 507 g/mol. The van der Waals surface area contributed by atoms with Crippen molar-refractivity contribution in [3.63, 3.8) is 0 Å². The van der Waals surface area contributed by atoms with Gasteiger partial charge in [-0.3, -0.25) is 0 Å². The molecule has 0 fully saturated rings. The molecule has 0 unspecified atom stereocenters. The van der Waals surface area contributed by atoms with Crippen LogP contribution in [0.2, 0.25) is 0 Å². The summed E-state index contributed by atoms with van der Waals surface area (Å²) in [7, 11) is -1.50. The van der Waals surface area contributed by atoms with Gasteiger partial charge < -0.3 is 20.1 Å². The maximum atomic E-state index is 11.4. The molecular formula is C19H35IN4O4S. The molecule has 29 heavy (non-hydrogen) atoms. The lowest BCUT2D eigenvalue weighted by Crippen LogP contribution is -2.38. The van der Waals surface area contributed by atoms with Crippen LogP contribution in [0.1, 0.15) is 31.4 Å². The Morgan fingerprint density at radius 3 is 2.55 bits per heavy atom. The van der Waals surface area contributed by atoms with Gasteiger partial charge in [0, 0.05) is 32.3 Å². The van der Waals surface area contributed by atoms with E-state index < -0.39 is 10.0 Å². The molecule has 8 nitrogen and oxygen atoms in total. The van der Waals surface area contributed by atoms with Crippen LogP contribution in [0.3, 0.4) is 0 Å². The van der Waals surface area contributed by atoms with Crippen molar-refractivity contribution < 1.29 is 17.9 Å². The molecule has 168 valence electrons. The van der Waals surface area contributed by atoms with E-state index in [9.17, 15) is 8.42 Å². The van der Waals surface area contributed by atoms with E-state index >= 15 is 0 Å². The Bertz CT molecular complexity index is 714. The summed E-state index contributed by atoms with van der Waals surface area (Å²) in [6.07, 6.45) is 0.666. The molecule has 0 aromatic heterocycles. The third kappa shape index (κ3) is 12.2. The molecule has 3 N–H and O–H groups in total. The molecule has 1 rings (SSSR count). The molecule has 0 spiro atoms. The Labute approximate surface area is 192 Å². The van der Waals surface area contributed by atoms with Gasteiger partial charge in [-0.05, 0) is 38.8 Å². The summed E-state index contributed by atoms with van der Waals surface area (Å²) >= 11 is 0. The van der Waals surface area contributed by atoms with Gasteiger partial charge in [0.15, 0.2) is 5.96 Å². The molecule has 0 atom stereocenters. The molecule has 0 aliphatic carbocycles. The zero-order chi connectivity index (χ0) is 20.8. The van der Waals surface area contributed by atoms with Gasteiger partial charge in [0.05, 0.1) is 18.9 Å². The maximum Gasteiger partial charge on any atom is 0.211 e. The summed E-state index contributed by atoms with van der Waals surface area (Å²) in [5.74, 6) is 1.59. The van der Waals surface area contributed by atoms with E-state index in [1.165, 1.54) is 0 Å². The third-order valence-corrected chi connectivity index (χ3v) is 5.27. The summed E-state index contributed by atoms with van der Waals surface area (Å²) < 4.78 is 36.2. The molecule has 1 aromatic carbocycles. The number of aryl methyl sites for hydroxylation is 1. The average Bonchev–Trinajstić information content (AvgIpc) is 2.67. The Morgan fingerprint density at radius 2 is 1.90 bits per heavy atom. The number of nitrogens with zero attached hydrogens (tertiary/aromatic N) is 1. The lowest BCUT2D eigenvalue weighted by molar-refractivity contribution is 0.145. The van der Waals surface area contributed by atoms with Gasteiger partial charge in [0.1, 0.15) is 12.4 Å². The fraction of sp³-hybridized carbons (Fsp3) is 0.632. The largest absolute Gasteiger partial charge is 0.491 e. The molecule has 0 aliphatic heterocycles. The van der Waals surface area contributed by atoms with Gasteiger partial charge in [-0.25, -0.2) is 18.1 Å². The van der Waals surface area contributed by atoms with Crippen LogP contribution in [-0.4, -0.2) is 60.1 Å². The molecule has 10 heteroatoms. The highest BCUT2D eigenvalue weighted by molar-refractivity contribution is 14.0. The van der Waals surface area contributed by atoms with Crippen molar-refractivity contribution in [1.29, 1.82) is 0 Å². The number of hydrogen-bond donors (Lipinski definition) is 3. The second-order valence-corrected chi connectivity index (χ2v) is 8.32. The monoisotopic (exact) mass is 542 g/mol. The van der Waals surface area contributed by atoms with Crippen LogP contribution in [0.15, 0.2) is 23.2 Å². The molecule has 0 amide bonds. The Balaban J connectivity index is 0.00000784. The maximum absolute atomic E-state index is 11.4. The highest BCUT2D eigenvalue weighted by atomic mass is 127. The third-order valence-electron chi connectivity index (χ3n) is 3.87. The molecule has 0 radical (unpaired) electrons. The smallest absolute Gasteiger partial charge is 0.211 e. The van der Waals surface area contributed by atoms with E-state index in [4.69, 9.17) is 9.47 Å². The first-order valence-electron chi connectivity index (χ1n) is 9.62. The summed E-state index contributed by atoms with van der Waals surface area (Å²) in [5.41, 5.74) is 2.12. The van der Waals surface area contributed by atoms with E-state index in [1.54, 1.807) is 14.0 Å². The van der Waals surface area contributed by atoms with Gasteiger partial charge >= 0.3 is 0 Å². The zero-order valence-electron chi connectivity index (χ0n) is 17.8. The van der Waals surface area contributed by atoms with Crippen LogP contribution in [-0.2, 0) is 21.3 Å². The fourth-order valence-corrected chi connectivity index (χ4v) is 2.95. The van der Waals surface area contributed by atoms with Gasteiger partial charge in [0.25, 0.3) is 0 Å². The molecule has 0 saturated carbocycles. The van der Waals surface area contributed by atoms with Crippen molar-refractivity contribution in [2.24, 2.45) is 4.99 Å². The van der Waals surface area contributed by atoms with Crippen molar-refractivity contribution in [2.75, 3.05) is 45.7 Å². The topological polar surface area (TPSA) is 101 Å². The van der Waals surface area contributed by atoms with Crippen molar-refractivity contribution in [2.45, 2.75) is 33.7 Å². The van der Waals surface area contributed by atoms with E-state index in [0.717, 1.165) is 23.4 Å². The number of aliphatic imine (C=N–C) groups is 1. The molecule has 0 aliphatic rings. The van der Waals surface area contributed by atoms with Crippen LogP contribution >= 0.6 is 24.0 Å². The van der Waals surface area contributed by atoms with Crippen molar-refractivity contribution in [1.82, 2.24) is 15.4 Å². The number of nitrogens with one attached hydrogen (secondary N) is 3. The summed E-state index contributed by atoms with van der Waals surface area (Å²) in [6, 6.07) is 6.05. The van der Waals surface area contributed by atoms with Crippen molar-refractivity contribution >= 4 is 40.0 Å². The second-order valence-electron chi connectivity index (χ2n) is 6.23. The number of benzene rings is 1. The minimum absolute atomic E-state index is 0. The van der Waals surface area contributed by atoms with Crippen LogP contribution in [0.25, 0.3) is 0 Å². The SMILES string of the molecule is CCNC(=NCc1ccc(C)cc1OCCOC)NCCCNS(=O)(=O)CC.I. The highest BCUT2D eigenvalue weighted by Gasteiger charge is 2.06. The highest BCUT2D eigenvalue weighted by Crippen LogP contribution is 2.21. The fourth-order valence-electron chi connectivity index (χ4n) is 2.29. The normalized spacial score (nSPS) is 11.7. The average molecular weight is 542 g/mol. The summed E-state index contributed by atoms with van der Waals surface area (Å²) in [6.45, 7) is 8.88. The standard InChI is InChI=1S/C19H34N4O4S.HI/c1-5-20-19(21-10-7-11-23-28(24,25)6-2)22-15-17-9-8-16(3)14-18(17)27-13-12-26-4;/h8-9,14,23H,5-7,10-13,15H2,1-4H3,(H2,20,21,22);1H. The predicted octanol–water partition coefficient (Wildman–Crippen LogP) is 2.02. The molecule has 1 aromatic rings. The van der Waals surface area contributed by atoms with Crippen LogP contribution < -0.4 is 20.1 Å². The van der Waals surface area contributed by atoms with Gasteiger partial charge in [-0.1, -0.05) is 12.1 Å². The first kappa shape index (κ1) is 27.9. The summed E-state index contributed by atoms with van der Waals surface area (Å²) in [5, 5.41) is 6.42. The number of hydrogen-bond acceptors (Lipinski definition) is 5. The Hall–Kier alpha value is -1.11. The van der Waals surface area contributed by atoms with E-state index in [-0.39, 0.29) is 29.7 Å². The Morgan fingerprint density at radius 1 is 1.14 bits per heavy atom. The lowest BCUT2D eigenvalue weighted by Gasteiger charge is -2.14. The molecule has 0 bridgehead atoms. The number of sulfonamides is 1. The van der Waals surface area contributed by atoms with Crippen molar-refractivity contribution in [3.8, 4) is 5.75 Å². The summed E-state index contributed by atoms with van der Waals surface area (Å²) in [4.78, 5) is 4.61. The first-order chi connectivity index (χ1) is 13.4. The van der Waals surface area contributed by atoms with Gasteiger partial charge in [0.2, 0.25) is 10.0 Å². The number of guanidine groups is 1. The second kappa shape index (κ2) is 15.7. The van der Waals surface area contributed by atoms with Crippen molar-refractivity contribution in [3.05, 3.63) is 29.3 Å². The van der Waals surface area contributed by atoms with E-state index in [1.807, 2.05) is 32.0 Å². The molecule has 0 saturated heterocycles. The molecule has 0 heterocycles. The van der Waals surface area contributed by atoms with Gasteiger partial charge in [-0.2, -0.15) is 0 Å². The minimum atomic E-state index is -3.14. The number of rotatable bonds is 13. The van der Waals surface area contributed by atoms with E-state index in [0.29, 0.717) is 45.2 Å². The lowest BCUT2D eigenvalue weighted by atomic mass is 10.1. The predicted molar refractivity (Wildman–Crippen MR) is 129 cm³/mol. The zero-order valence-corrected chi connectivity index (χ0v) is 20.9. The number of halogens is 1. The first-order valence-corrected chi connectivity index (χ1v) is 11.3. The van der Waals surface area contributed by atoms with E-state index in [2.05, 4.69) is 20.3 Å². The van der Waals surface area contributed by atoms with Crippen LogP contribution in [0.5, 0.6) is 5.75 Å².